The first-order chi connectivity index (χ1) is 12.0. The Balaban J connectivity index is 2.28. The maximum Gasteiger partial charge on any atom is 0.339 e. The van der Waals surface area contributed by atoms with Gasteiger partial charge < -0.3 is 20.7 Å². The van der Waals surface area contributed by atoms with Crippen LogP contribution in [0, 0.1) is 0 Å². The van der Waals surface area contributed by atoms with E-state index in [1.165, 1.54) is 13.2 Å². The van der Waals surface area contributed by atoms with Gasteiger partial charge in [0, 0.05) is 17.1 Å². The van der Waals surface area contributed by atoms with Crippen molar-refractivity contribution in [1.29, 1.82) is 0 Å². The third kappa shape index (κ3) is 3.88. The minimum Gasteiger partial charge on any atom is -0.465 e. The lowest BCUT2D eigenvalue weighted by Gasteiger charge is -2.54. The smallest absolute Gasteiger partial charge is 0.339 e. The van der Waals surface area contributed by atoms with Crippen LogP contribution in [0.2, 0.25) is 0 Å². The van der Waals surface area contributed by atoms with Gasteiger partial charge in [0.2, 0.25) is 0 Å². The molecule has 0 radical (unpaired) electrons. The average Bonchev–Trinajstić information content (AvgIpc) is 2.51. The maximum atomic E-state index is 12.9. The number of anilines is 1. The van der Waals surface area contributed by atoms with E-state index >= 15 is 0 Å². The Labute approximate surface area is 153 Å². The molecule has 7 nitrogen and oxygen atoms in total. The molecule has 0 spiro atoms. The summed E-state index contributed by atoms with van der Waals surface area (Å²) in [4.78, 5) is 39.0. The predicted octanol–water partition coefficient (Wildman–Crippen LogP) is 1.92. The molecule has 7 heteroatoms. The van der Waals surface area contributed by atoms with Crippen molar-refractivity contribution in [2.75, 3.05) is 12.4 Å². The zero-order chi connectivity index (χ0) is 19.7. The van der Waals surface area contributed by atoms with Gasteiger partial charge in [-0.1, -0.05) is 12.1 Å². The van der Waals surface area contributed by atoms with Crippen LogP contribution >= 0.6 is 0 Å². The van der Waals surface area contributed by atoms with Gasteiger partial charge in [-0.15, -0.1) is 0 Å². The molecule has 1 aliphatic rings. The number of rotatable bonds is 2. The molecular weight excluding hydrogens is 334 g/mol. The Bertz CT molecular complexity index is 709. The number of hydrogen-bond donors (Lipinski definition) is 2. The summed E-state index contributed by atoms with van der Waals surface area (Å²) in [6, 6.07) is 6.37. The zero-order valence-electron chi connectivity index (χ0n) is 16.0. The quantitative estimate of drug-likeness (QED) is 0.619. The van der Waals surface area contributed by atoms with Crippen molar-refractivity contribution in [2.24, 2.45) is 5.73 Å². The fraction of sp³-hybridized carbons (Fsp3) is 0.526. The lowest BCUT2D eigenvalue weighted by atomic mass is 9.77. The van der Waals surface area contributed by atoms with Crippen molar-refractivity contribution < 1.29 is 19.1 Å². The average molecular weight is 361 g/mol. The minimum absolute atomic E-state index is 0.0350. The van der Waals surface area contributed by atoms with Gasteiger partial charge in [-0.25, -0.2) is 4.79 Å². The molecule has 0 unspecified atom stereocenters. The lowest BCUT2D eigenvalue weighted by Crippen LogP contribution is -2.66. The van der Waals surface area contributed by atoms with Crippen molar-refractivity contribution in [3.05, 3.63) is 29.8 Å². The standard InChI is InChI=1S/C19H27N3O4/c1-18(2)10-12(20)11-19(3,4)22(18)16(24)15(23)21-14-9-7-6-8-13(14)17(25)26-5/h6-9,12H,10-11,20H2,1-5H3,(H,21,23). The summed E-state index contributed by atoms with van der Waals surface area (Å²) < 4.78 is 4.71. The van der Waals surface area contributed by atoms with E-state index in [-0.39, 0.29) is 17.3 Å². The van der Waals surface area contributed by atoms with E-state index in [0.29, 0.717) is 12.8 Å². The number of carbonyl (C=O) groups excluding carboxylic acids is 3. The summed E-state index contributed by atoms with van der Waals surface area (Å²) in [7, 11) is 1.26. The number of carbonyl (C=O) groups is 3. The molecule has 1 heterocycles. The molecule has 0 saturated carbocycles. The molecule has 0 bridgehead atoms. The van der Waals surface area contributed by atoms with Gasteiger partial charge in [0.1, 0.15) is 0 Å². The normalized spacial score (nSPS) is 18.9. The van der Waals surface area contributed by atoms with Crippen LogP contribution < -0.4 is 11.1 Å². The third-order valence-corrected chi connectivity index (χ3v) is 4.71. The molecule has 26 heavy (non-hydrogen) atoms. The van der Waals surface area contributed by atoms with E-state index < -0.39 is 28.9 Å². The molecule has 142 valence electrons. The highest BCUT2D eigenvalue weighted by Gasteiger charge is 2.48. The van der Waals surface area contributed by atoms with Gasteiger partial charge in [0.05, 0.1) is 18.4 Å². The van der Waals surface area contributed by atoms with Crippen molar-refractivity contribution in [2.45, 2.75) is 57.7 Å². The van der Waals surface area contributed by atoms with Crippen LogP contribution in [0.1, 0.15) is 50.9 Å². The fourth-order valence-corrected chi connectivity index (χ4v) is 4.06. The van der Waals surface area contributed by atoms with Gasteiger partial charge in [-0.2, -0.15) is 0 Å². The van der Waals surface area contributed by atoms with Crippen molar-refractivity contribution >= 4 is 23.5 Å². The number of esters is 1. The molecule has 1 fully saturated rings. The topological polar surface area (TPSA) is 102 Å². The number of para-hydroxylation sites is 1. The highest BCUT2D eigenvalue weighted by molar-refractivity contribution is 6.40. The second-order valence-electron chi connectivity index (χ2n) is 7.93. The number of benzene rings is 1. The Morgan fingerprint density at radius 1 is 1.12 bits per heavy atom. The monoisotopic (exact) mass is 361 g/mol. The van der Waals surface area contributed by atoms with Crippen LogP contribution in [-0.4, -0.2) is 46.9 Å². The molecule has 0 aliphatic carbocycles. The minimum atomic E-state index is -0.794. The van der Waals surface area contributed by atoms with Gasteiger partial charge in [-0.3, -0.25) is 9.59 Å². The van der Waals surface area contributed by atoms with Gasteiger partial charge >= 0.3 is 17.8 Å². The molecule has 0 aromatic heterocycles. The molecule has 1 aromatic rings. The molecule has 3 N–H and O–H groups in total. The number of likely N-dealkylation sites (tertiary alicyclic amines) is 1. The maximum absolute atomic E-state index is 12.9. The Kier molecular flexibility index (Phi) is 5.41. The first-order valence-corrected chi connectivity index (χ1v) is 8.58. The number of amides is 2. The summed E-state index contributed by atoms with van der Waals surface area (Å²) in [5.74, 6) is -2.03. The Hall–Kier alpha value is -2.41. The van der Waals surface area contributed by atoms with Gasteiger partial charge in [0.15, 0.2) is 0 Å². The third-order valence-electron chi connectivity index (χ3n) is 4.71. The Morgan fingerprint density at radius 2 is 1.65 bits per heavy atom. The molecule has 1 aliphatic heterocycles. The summed E-state index contributed by atoms with van der Waals surface area (Å²) in [5, 5.41) is 2.55. The number of methoxy groups -OCH3 is 1. The predicted molar refractivity (Wildman–Crippen MR) is 98.6 cm³/mol. The molecule has 0 atom stereocenters. The molecule has 2 amide bonds. The number of nitrogens with zero attached hydrogens (tertiary/aromatic N) is 1. The summed E-state index contributed by atoms with van der Waals surface area (Å²) >= 11 is 0. The van der Waals surface area contributed by atoms with Crippen LogP contribution in [0.5, 0.6) is 0 Å². The number of nitrogens with one attached hydrogen (secondary N) is 1. The van der Waals surface area contributed by atoms with E-state index in [2.05, 4.69) is 5.32 Å². The summed E-state index contributed by atoms with van der Waals surface area (Å²) in [6.45, 7) is 7.62. The molecular formula is C19H27N3O4. The van der Waals surface area contributed by atoms with Crippen molar-refractivity contribution in [3.8, 4) is 0 Å². The van der Waals surface area contributed by atoms with Gasteiger partial charge in [-0.05, 0) is 52.7 Å². The highest BCUT2D eigenvalue weighted by Crippen LogP contribution is 2.38. The van der Waals surface area contributed by atoms with Crippen LogP contribution in [0.25, 0.3) is 0 Å². The number of ether oxygens (including phenoxy) is 1. The van der Waals surface area contributed by atoms with Crippen LogP contribution in [-0.2, 0) is 14.3 Å². The summed E-state index contributed by atoms with van der Waals surface area (Å²) in [6.07, 6.45) is 1.21. The number of nitrogens with two attached hydrogens (primary N) is 1. The second-order valence-corrected chi connectivity index (χ2v) is 7.93. The molecule has 1 saturated heterocycles. The van der Waals surface area contributed by atoms with Crippen LogP contribution in [0.3, 0.4) is 0 Å². The Morgan fingerprint density at radius 3 is 2.19 bits per heavy atom. The largest absolute Gasteiger partial charge is 0.465 e. The second kappa shape index (κ2) is 7.07. The number of hydrogen-bond acceptors (Lipinski definition) is 5. The van der Waals surface area contributed by atoms with E-state index in [4.69, 9.17) is 10.5 Å². The van der Waals surface area contributed by atoms with Crippen molar-refractivity contribution in [1.82, 2.24) is 4.90 Å². The SMILES string of the molecule is COC(=O)c1ccccc1NC(=O)C(=O)N1C(C)(C)CC(N)CC1(C)C. The highest BCUT2D eigenvalue weighted by atomic mass is 16.5. The first-order valence-electron chi connectivity index (χ1n) is 8.58. The fourth-order valence-electron chi connectivity index (χ4n) is 4.06. The van der Waals surface area contributed by atoms with Crippen LogP contribution in [0.15, 0.2) is 24.3 Å². The first kappa shape index (κ1) is 19.9. The van der Waals surface area contributed by atoms with Crippen LogP contribution in [0.4, 0.5) is 5.69 Å². The van der Waals surface area contributed by atoms with E-state index in [1.807, 2.05) is 27.7 Å². The zero-order valence-corrected chi connectivity index (χ0v) is 16.0. The molecule has 2 rings (SSSR count). The number of piperidine rings is 1. The summed E-state index contributed by atoms with van der Waals surface area (Å²) in [5.41, 5.74) is 5.44. The van der Waals surface area contributed by atoms with E-state index in [9.17, 15) is 14.4 Å². The van der Waals surface area contributed by atoms with Crippen molar-refractivity contribution in [3.63, 3.8) is 0 Å². The van der Waals surface area contributed by atoms with Gasteiger partial charge in [0.25, 0.3) is 0 Å². The van der Waals surface area contributed by atoms with E-state index in [1.54, 1.807) is 23.1 Å². The lowest BCUT2D eigenvalue weighted by molar-refractivity contribution is -0.156. The molecule has 1 aromatic carbocycles. The van der Waals surface area contributed by atoms with E-state index in [0.717, 1.165) is 0 Å².